The summed E-state index contributed by atoms with van der Waals surface area (Å²) in [6, 6.07) is 11.7. The fourth-order valence-electron chi connectivity index (χ4n) is 3.32. The van der Waals surface area contributed by atoms with Crippen molar-refractivity contribution >= 4 is 5.97 Å². The Balaban J connectivity index is 1.73. The van der Waals surface area contributed by atoms with Crippen molar-refractivity contribution in [2.75, 3.05) is 6.61 Å². The molecule has 0 saturated heterocycles. The van der Waals surface area contributed by atoms with Gasteiger partial charge in [0.15, 0.2) is 11.6 Å². The molecule has 0 bridgehead atoms. The van der Waals surface area contributed by atoms with Gasteiger partial charge in [0, 0.05) is 6.61 Å². The van der Waals surface area contributed by atoms with Crippen LogP contribution < -0.4 is 0 Å². The Labute approximate surface area is 138 Å². The molecule has 5 heteroatoms. The molecule has 0 radical (unpaired) electrons. The first-order valence-corrected chi connectivity index (χ1v) is 7.86. The molecule has 0 fully saturated rings. The number of carbonyl (C=O) groups is 1. The Kier molecular flexibility index (Phi) is 4.62. The van der Waals surface area contributed by atoms with Crippen LogP contribution in [0.15, 0.2) is 42.5 Å². The molecule has 24 heavy (non-hydrogen) atoms. The minimum absolute atomic E-state index is 0.229. The van der Waals surface area contributed by atoms with Crippen molar-refractivity contribution in [1.82, 2.24) is 0 Å². The molecule has 1 aliphatic carbocycles. The fraction of sp³-hybridized carbons (Fsp3) is 0.316. The Morgan fingerprint density at radius 1 is 1.17 bits per heavy atom. The molecule has 2 aromatic rings. The summed E-state index contributed by atoms with van der Waals surface area (Å²) in [6.45, 7) is 0.626. The highest BCUT2D eigenvalue weighted by Crippen LogP contribution is 2.42. The van der Waals surface area contributed by atoms with E-state index in [0.29, 0.717) is 30.6 Å². The highest BCUT2D eigenvalue weighted by atomic mass is 19.2. The lowest BCUT2D eigenvalue weighted by atomic mass is 9.79. The molecule has 1 aliphatic rings. The first-order chi connectivity index (χ1) is 11.5. The van der Waals surface area contributed by atoms with Gasteiger partial charge in [-0.3, -0.25) is 4.79 Å². The van der Waals surface area contributed by atoms with E-state index in [1.807, 2.05) is 30.3 Å². The average Bonchev–Trinajstić information content (AvgIpc) is 2.92. The highest BCUT2D eigenvalue weighted by Gasteiger charge is 2.45. The third-order valence-corrected chi connectivity index (χ3v) is 4.68. The molecule has 0 saturated carbocycles. The maximum Gasteiger partial charge on any atom is 0.314 e. The van der Waals surface area contributed by atoms with Crippen molar-refractivity contribution in [3.05, 3.63) is 70.8 Å². The Morgan fingerprint density at radius 3 is 2.58 bits per heavy atom. The van der Waals surface area contributed by atoms with Crippen LogP contribution in [0.25, 0.3) is 0 Å². The number of carboxylic acids is 1. The molecular weight excluding hydrogens is 314 g/mol. The van der Waals surface area contributed by atoms with Crippen LogP contribution >= 0.6 is 0 Å². The zero-order chi connectivity index (χ0) is 17.2. The molecule has 1 unspecified atom stereocenters. The van der Waals surface area contributed by atoms with Gasteiger partial charge in [0.2, 0.25) is 0 Å². The van der Waals surface area contributed by atoms with E-state index in [9.17, 15) is 18.7 Å². The summed E-state index contributed by atoms with van der Waals surface area (Å²) >= 11 is 0. The number of fused-ring (bicyclic) bond motifs is 1. The normalized spacial score (nSPS) is 19.2. The molecule has 2 aromatic carbocycles. The van der Waals surface area contributed by atoms with Gasteiger partial charge in [-0.05, 0) is 48.1 Å². The number of rotatable bonds is 6. The third kappa shape index (κ3) is 3.04. The van der Waals surface area contributed by atoms with Crippen molar-refractivity contribution in [2.45, 2.75) is 31.3 Å². The predicted molar refractivity (Wildman–Crippen MR) is 84.7 cm³/mol. The fourth-order valence-corrected chi connectivity index (χ4v) is 3.32. The minimum Gasteiger partial charge on any atom is -0.481 e. The zero-order valence-electron chi connectivity index (χ0n) is 13.1. The summed E-state index contributed by atoms with van der Waals surface area (Å²) in [6.07, 6.45) is 0.986. The molecule has 3 rings (SSSR count). The zero-order valence-corrected chi connectivity index (χ0v) is 13.1. The van der Waals surface area contributed by atoms with Crippen LogP contribution in [0, 0.1) is 11.6 Å². The first-order valence-electron chi connectivity index (χ1n) is 7.86. The molecular formula is C19H18F2O3. The number of halogens is 2. The van der Waals surface area contributed by atoms with E-state index in [0.717, 1.165) is 17.7 Å². The van der Waals surface area contributed by atoms with Crippen molar-refractivity contribution in [2.24, 2.45) is 0 Å². The van der Waals surface area contributed by atoms with Gasteiger partial charge in [-0.1, -0.05) is 30.3 Å². The third-order valence-electron chi connectivity index (χ3n) is 4.68. The summed E-state index contributed by atoms with van der Waals surface area (Å²) in [5.74, 6) is -2.96. The number of aliphatic carboxylic acids is 1. The van der Waals surface area contributed by atoms with E-state index in [2.05, 4.69) is 0 Å². The molecule has 0 spiro atoms. The molecule has 3 nitrogen and oxygen atoms in total. The van der Waals surface area contributed by atoms with Crippen molar-refractivity contribution in [3.8, 4) is 0 Å². The smallest absolute Gasteiger partial charge is 0.314 e. The molecule has 0 aromatic heterocycles. The molecule has 1 atom stereocenters. The predicted octanol–water partition coefficient (Wildman–Crippen LogP) is 3.84. The second kappa shape index (κ2) is 6.69. The van der Waals surface area contributed by atoms with E-state index >= 15 is 0 Å². The van der Waals surface area contributed by atoms with Crippen LogP contribution in [0.2, 0.25) is 0 Å². The minimum atomic E-state index is -1.21. The van der Waals surface area contributed by atoms with Crippen LogP contribution in [0.5, 0.6) is 0 Å². The van der Waals surface area contributed by atoms with Gasteiger partial charge >= 0.3 is 5.97 Å². The van der Waals surface area contributed by atoms with Gasteiger partial charge in [0.1, 0.15) is 0 Å². The lowest BCUT2D eigenvalue weighted by Gasteiger charge is -2.25. The number of hydrogen-bond acceptors (Lipinski definition) is 2. The molecule has 0 amide bonds. The summed E-state index contributed by atoms with van der Waals surface area (Å²) in [5, 5.41) is 9.72. The van der Waals surface area contributed by atoms with Crippen LogP contribution in [-0.4, -0.2) is 17.7 Å². The van der Waals surface area contributed by atoms with Gasteiger partial charge in [0.25, 0.3) is 0 Å². The number of benzene rings is 2. The van der Waals surface area contributed by atoms with Gasteiger partial charge in [-0.2, -0.15) is 0 Å². The van der Waals surface area contributed by atoms with Gasteiger partial charge < -0.3 is 9.84 Å². The lowest BCUT2D eigenvalue weighted by Crippen LogP contribution is -2.35. The van der Waals surface area contributed by atoms with E-state index in [1.54, 1.807) is 0 Å². The Bertz CT molecular complexity index is 746. The molecule has 0 aliphatic heterocycles. The van der Waals surface area contributed by atoms with Crippen LogP contribution in [0.3, 0.4) is 0 Å². The van der Waals surface area contributed by atoms with E-state index in [-0.39, 0.29) is 13.0 Å². The molecule has 0 heterocycles. The van der Waals surface area contributed by atoms with Crippen molar-refractivity contribution < 1.29 is 23.4 Å². The summed E-state index contributed by atoms with van der Waals surface area (Å²) in [7, 11) is 0. The number of aryl methyl sites for hydroxylation is 1. The summed E-state index contributed by atoms with van der Waals surface area (Å²) in [5.41, 5.74) is 0.735. The Hall–Kier alpha value is -2.27. The number of hydrogen-bond donors (Lipinski definition) is 1. The number of carboxylic acid groups (broad SMARTS) is 1. The van der Waals surface area contributed by atoms with Crippen molar-refractivity contribution in [3.63, 3.8) is 0 Å². The van der Waals surface area contributed by atoms with E-state index in [4.69, 9.17) is 4.74 Å². The van der Waals surface area contributed by atoms with Gasteiger partial charge in [0.05, 0.1) is 12.0 Å². The monoisotopic (exact) mass is 332 g/mol. The van der Waals surface area contributed by atoms with E-state index < -0.39 is 23.0 Å². The highest BCUT2D eigenvalue weighted by molar-refractivity contribution is 5.83. The van der Waals surface area contributed by atoms with Gasteiger partial charge in [-0.15, -0.1) is 0 Å². The Morgan fingerprint density at radius 2 is 1.88 bits per heavy atom. The molecule has 126 valence electrons. The van der Waals surface area contributed by atoms with Crippen LogP contribution in [0.4, 0.5) is 8.78 Å². The lowest BCUT2D eigenvalue weighted by molar-refractivity contribution is -0.144. The van der Waals surface area contributed by atoms with Crippen LogP contribution in [0.1, 0.15) is 29.5 Å². The van der Waals surface area contributed by atoms with Crippen LogP contribution in [-0.2, 0) is 28.0 Å². The average molecular weight is 332 g/mol. The molecule has 1 N–H and O–H groups in total. The summed E-state index contributed by atoms with van der Waals surface area (Å²) < 4.78 is 32.6. The van der Waals surface area contributed by atoms with Gasteiger partial charge in [-0.25, -0.2) is 8.78 Å². The second-order valence-electron chi connectivity index (χ2n) is 6.10. The SMILES string of the molecule is O=C(O)C1(CCOCc2ccccc2)CCc2cc(F)c(F)cc21. The quantitative estimate of drug-likeness (QED) is 0.818. The summed E-state index contributed by atoms with van der Waals surface area (Å²) in [4.78, 5) is 11.9. The maximum atomic E-state index is 13.6. The topological polar surface area (TPSA) is 46.5 Å². The maximum absolute atomic E-state index is 13.6. The standard InChI is InChI=1S/C19H18F2O3/c20-16-10-14-6-7-19(18(22)23,15(14)11-17(16)21)8-9-24-12-13-4-2-1-3-5-13/h1-5,10-11H,6-9,12H2,(H,22,23). The second-order valence-corrected chi connectivity index (χ2v) is 6.10. The largest absolute Gasteiger partial charge is 0.481 e. The first kappa shape index (κ1) is 16.6. The van der Waals surface area contributed by atoms with Crippen molar-refractivity contribution in [1.29, 1.82) is 0 Å². The van der Waals surface area contributed by atoms with E-state index in [1.165, 1.54) is 0 Å². The number of ether oxygens (including phenoxy) is 1.